The van der Waals surface area contributed by atoms with Crippen molar-refractivity contribution in [1.29, 1.82) is 0 Å². The fourth-order valence-electron chi connectivity index (χ4n) is 3.65. The van der Waals surface area contributed by atoms with Crippen LogP contribution >= 0.6 is 11.6 Å². The molecule has 1 aromatic heterocycles. The van der Waals surface area contributed by atoms with Gasteiger partial charge in [-0.15, -0.1) is 0 Å². The summed E-state index contributed by atoms with van der Waals surface area (Å²) in [6.45, 7) is 0.900. The van der Waals surface area contributed by atoms with Gasteiger partial charge >= 0.3 is 0 Å². The number of halogens is 1. The number of ether oxygens (including phenoxy) is 2. The maximum Gasteiger partial charge on any atom is 0.221 e. The lowest BCUT2D eigenvalue weighted by atomic mass is 9.99. The van der Waals surface area contributed by atoms with Crippen LogP contribution in [0.2, 0.25) is 5.02 Å². The molecule has 3 aromatic carbocycles. The van der Waals surface area contributed by atoms with Crippen molar-refractivity contribution in [2.45, 2.75) is 19.6 Å². The lowest BCUT2D eigenvalue weighted by Crippen LogP contribution is -2.19. The van der Waals surface area contributed by atoms with E-state index in [2.05, 4.69) is 10.4 Å². The van der Waals surface area contributed by atoms with Crippen LogP contribution in [-0.4, -0.2) is 29.8 Å². The van der Waals surface area contributed by atoms with Gasteiger partial charge in [-0.1, -0.05) is 41.9 Å². The average molecular weight is 450 g/mol. The van der Waals surface area contributed by atoms with E-state index in [1.54, 1.807) is 20.4 Å². The van der Waals surface area contributed by atoms with Gasteiger partial charge in [0.05, 0.1) is 30.4 Å². The van der Waals surface area contributed by atoms with Crippen molar-refractivity contribution in [3.05, 3.63) is 77.4 Å². The standard InChI is InChI=1S/C25H24ClN3O3/c1-27-24(30)12-13-29-22-11-10-19(14-18(22)15-28-29)32-16-17-6-3-4-7-20(17)25-21(26)8-5-9-23(25)31-2/h3-11,14-15H,12-13,16H2,1-2H3,(H,27,30). The Morgan fingerprint density at radius 1 is 1.12 bits per heavy atom. The van der Waals surface area contributed by atoms with Gasteiger partial charge in [0.25, 0.3) is 0 Å². The number of methoxy groups -OCH3 is 1. The summed E-state index contributed by atoms with van der Waals surface area (Å²) in [6, 6.07) is 19.4. The summed E-state index contributed by atoms with van der Waals surface area (Å²) in [5.74, 6) is 1.45. The summed E-state index contributed by atoms with van der Waals surface area (Å²) in [6.07, 6.45) is 2.17. The maximum atomic E-state index is 11.5. The van der Waals surface area contributed by atoms with Gasteiger partial charge in [-0.2, -0.15) is 5.10 Å². The molecule has 0 radical (unpaired) electrons. The van der Waals surface area contributed by atoms with Gasteiger partial charge in [-0.05, 0) is 41.5 Å². The molecular formula is C25H24ClN3O3. The molecule has 0 atom stereocenters. The van der Waals surface area contributed by atoms with E-state index in [9.17, 15) is 4.79 Å². The third-order valence-corrected chi connectivity index (χ3v) is 5.63. The van der Waals surface area contributed by atoms with Crippen LogP contribution in [0.3, 0.4) is 0 Å². The molecular weight excluding hydrogens is 426 g/mol. The van der Waals surface area contributed by atoms with Crippen molar-refractivity contribution >= 4 is 28.4 Å². The molecule has 32 heavy (non-hydrogen) atoms. The molecule has 0 saturated heterocycles. The quantitative estimate of drug-likeness (QED) is 0.407. The Morgan fingerprint density at radius 3 is 2.78 bits per heavy atom. The van der Waals surface area contributed by atoms with Gasteiger partial charge in [-0.3, -0.25) is 9.48 Å². The minimum absolute atomic E-state index is 0.0116. The molecule has 0 spiro atoms. The van der Waals surface area contributed by atoms with Gasteiger partial charge < -0.3 is 14.8 Å². The predicted octanol–water partition coefficient (Wildman–Crippen LogP) is 5.08. The third-order valence-electron chi connectivity index (χ3n) is 5.32. The van der Waals surface area contributed by atoms with Crippen molar-refractivity contribution in [2.24, 2.45) is 0 Å². The molecule has 0 fully saturated rings. The molecule has 0 unspecified atom stereocenters. The number of hydrogen-bond acceptors (Lipinski definition) is 4. The zero-order valence-corrected chi connectivity index (χ0v) is 18.7. The Labute approximate surface area is 191 Å². The zero-order chi connectivity index (χ0) is 22.5. The van der Waals surface area contributed by atoms with E-state index in [1.165, 1.54) is 0 Å². The highest BCUT2D eigenvalue weighted by Gasteiger charge is 2.14. The highest BCUT2D eigenvalue weighted by molar-refractivity contribution is 6.33. The van der Waals surface area contributed by atoms with Gasteiger partial charge in [0.1, 0.15) is 18.1 Å². The molecule has 7 heteroatoms. The smallest absolute Gasteiger partial charge is 0.221 e. The topological polar surface area (TPSA) is 65.4 Å². The van der Waals surface area contributed by atoms with E-state index in [0.717, 1.165) is 39.1 Å². The first-order valence-electron chi connectivity index (χ1n) is 10.3. The van der Waals surface area contributed by atoms with E-state index in [-0.39, 0.29) is 5.91 Å². The van der Waals surface area contributed by atoms with Gasteiger partial charge in [-0.25, -0.2) is 0 Å². The monoisotopic (exact) mass is 449 g/mol. The second kappa shape index (κ2) is 9.75. The normalized spacial score (nSPS) is 10.8. The number of nitrogens with one attached hydrogen (secondary N) is 1. The SMILES string of the molecule is CNC(=O)CCn1ncc2cc(OCc3ccccc3-c3c(Cl)cccc3OC)ccc21. The molecule has 6 nitrogen and oxygen atoms in total. The molecule has 4 rings (SSSR count). The van der Waals surface area contributed by atoms with Crippen LogP contribution in [0.15, 0.2) is 66.9 Å². The number of hydrogen-bond donors (Lipinski definition) is 1. The average Bonchev–Trinajstić information content (AvgIpc) is 3.23. The van der Waals surface area contributed by atoms with E-state index in [1.807, 2.05) is 65.3 Å². The number of benzene rings is 3. The minimum atomic E-state index is -0.0116. The van der Waals surface area contributed by atoms with Crippen LogP contribution in [0.4, 0.5) is 0 Å². The van der Waals surface area contributed by atoms with E-state index < -0.39 is 0 Å². The van der Waals surface area contributed by atoms with Crippen LogP contribution in [0, 0.1) is 0 Å². The number of fused-ring (bicyclic) bond motifs is 1. The van der Waals surface area contributed by atoms with Crippen LogP contribution < -0.4 is 14.8 Å². The van der Waals surface area contributed by atoms with Gasteiger partial charge in [0.2, 0.25) is 5.91 Å². The summed E-state index contributed by atoms with van der Waals surface area (Å²) < 4.78 is 13.5. The Kier molecular flexibility index (Phi) is 6.61. The highest BCUT2D eigenvalue weighted by atomic mass is 35.5. The van der Waals surface area contributed by atoms with Crippen LogP contribution in [0.5, 0.6) is 11.5 Å². The maximum absolute atomic E-state index is 11.5. The van der Waals surface area contributed by atoms with Crippen molar-refractivity contribution in [2.75, 3.05) is 14.2 Å². The molecule has 0 saturated carbocycles. The Balaban J connectivity index is 1.54. The lowest BCUT2D eigenvalue weighted by Gasteiger charge is -2.15. The Morgan fingerprint density at radius 2 is 1.97 bits per heavy atom. The van der Waals surface area contributed by atoms with Crippen LogP contribution in [0.1, 0.15) is 12.0 Å². The number of rotatable bonds is 8. The van der Waals surface area contributed by atoms with Crippen molar-refractivity contribution in [1.82, 2.24) is 15.1 Å². The van der Waals surface area contributed by atoms with Crippen molar-refractivity contribution in [3.63, 3.8) is 0 Å². The van der Waals surface area contributed by atoms with E-state index in [4.69, 9.17) is 21.1 Å². The highest BCUT2D eigenvalue weighted by Crippen LogP contribution is 2.38. The Hall–Kier alpha value is -3.51. The molecule has 4 aromatic rings. The first-order valence-corrected chi connectivity index (χ1v) is 10.7. The predicted molar refractivity (Wildman–Crippen MR) is 126 cm³/mol. The summed E-state index contributed by atoms with van der Waals surface area (Å²) in [4.78, 5) is 11.5. The molecule has 0 aliphatic heterocycles. The fraction of sp³-hybridized carbons (Fsp3) is 0.200. The number of amides is 1. The number of aromatic nitrogens is 2. The second-order valence-electron chi connectivity index (χ2n) is 7.27. The van der Waals surface area contributed by atoms with Gasteiger partial charge in [0.15, 0.2) is 0 Å². The van der Waals surface area contributed by atoms with Crippen molar-refractivity contribution in [3.8, 4) is 22.6 Å². The molecule has 1 N–H and O–H groups in total. The molecule has 0 aliphatic rings. The number of carbonyl (C=O) groups excluding carboxylic acids is 1. The van der Waals surface area contributed by atoms with E-state index >= 15 is 0 Å². The number of aryl methyl sites for hydroxylation is 1. The summed E-state index contributed by atoms with van der Waals surface area (Å²) in [5, 5.41) is 8.61. The summed E-state index contributed by atoms with van der Waals surface area (Å²) in [5.41, 5.74) is 3.78. The molecule has 0 aliphatic carbocycles. The molecule has 164 valence electrons. The van der Waals surface area contributed by atoms with Crippen molar-refractivity contribution < 1.29 is 14.3 Å². The fourth-order valence-corrected chi connectivity index (χ4v) is 3.92. The molecule has 1 amide bonds. The number of nitrogens with zero attached hydrogens (tertiary/aromatic N) is 2. The first kappa shape index (κ1) is 21.7. The molecule has 1 heterocycles. The largest absolute Gasteiger partial charge is 0.496 e. The summed E-state index contributed by atoms with van der Waals surface area (Å²) >= 11 is 6.50. The van der Waals surface area contributed by atoms with Crippen LogP contribution in [-0.2, 0) is 17.9 Å². The van der Waals surface area contributed by atoms with E-state index in [0.29, 0.717) is 24.6 Å². The summed E-state index contributed by atoms with van der Waals surface area (Å²) in [7, 11) is 3.27. The molecule has 0 bridgehead atoms. The van der Waals surface area contributed by atoms with Crippen LogP contribution in [0.25, 0.3) is 22.0 Å². The second-order valence-corrected chi connectivity index (χ2v) is 7.68. The zero-order valence-electron chi connectivity index (χ0n) is 18.0. The third kappa shape index (κ3) is 4.55. The number of carbonyl (C=O) groups is 1. The lowest BCUT2D eigenvalue weighted by molar-refractivity contribution is -0.120. The first-order chi connectivity index (χ1) is 15.6. The Bertz CT molecular complexity index is 1250. The minimum Gasteiger partial charge on any atom is -0.496 e. The van der Waals surface area contributed by atoms with Gasteiger partial charge in [0, 0.05) is 24.4 Å².